The highest BCUT2D eigenvalue weighted by Gasteiger charge is 2.48. The lowest BCUT2D eigenvalue weighted by molar-refractivity contribution is -0.133. The van der Waals surface area contributed by atoms with Crippen LogP contribution in [0.15, 0.2) is 24.5 Å². The Morgan fingerprint density at radius 1 is 0.892 bits per heavy atom. The molecule has 0 N–H and O–H groups in total. The van der Waals surface area contributed by atoms with Crippen molar-refractivity contribution in [3.8, 4) is 0 Å². The van der Waals surface area contributed by atoms with Crippen molar-refractivity contribution in [3.05, 3.63) is 30.1 Å². The topological polar surface area (TPSA) is 42.9 Å². The molecule has 0 bridgehead atoms. The van der Waals surface area contributed by atoms with Gasteiger partial charge < -0.3 is 4.90 Å². The number of pyridine rings is 1. The normalized spacial score (nSPS) is 32.3. The van der Waals surface area contributed by atoms with Crippen molar-refractivity contribution >= 4 is 5.91 Å². The monoisotopic (exact) mass is 507 g/mol. The van der Waals surface area contributed by atoms with Crippen LogP contribution in [0.2, 0.25) is 0 Å². The van der Waals surface area contributed by atoms with E-state index in [1.807, 2.05) is 12.4 Å². The van der Waals surface area contributed by atoms with Crippen LogP contribution in [0, 0.1) is 11.8 Å². The molecule has 5 fully saturated rings. The Kier molecular flexibility index (Phi) is 8.44. The average molecular weight is 508 g/mol. The second-order valence-electron chi connectivity index (χ2n) is 12.7. The van der Waals surface area contributed by atoms with E-state index in [4.69, 9.17) is 0 Å². The molecular formula is C31H49N5O. The summed E-state index contributed by atoms with van der Waals surface area (Å²) in [6.07, 6.45) is 19.2. The van der Waals surface area contributed by atoms with E-state index in [0.29, 0.717) is 11.9 Å². The van der Waals surface area contributed by atoms with Crippen LogP contribution in [0.3, 0.4) is 0 Å². The summed E-state index contributed by atoms with van der Waals surface area (Å²) in [5.41, 5.74) is 1.33. The number of piperazine rings is 1. The number of hydrogen-bond acceptors (Lipinski definition) is 5. The first kappa shape index (κ1) is 25.8. The molecule has 4 saturated heterocycles. The van der Waals surface area contributed by atoms with Crippen LogP contribution in [0.25, 0.3) is 0 Å². The Morgan fingerprint density at radius 2 is 1.70 bits per heavy atom. The molecule has 1 amide bonds. The highest BCUT2D eigenvalue weighted by atomic mass is 16.2. The standard InChI is InChI=1S/C31H49N5O/c37-30(34-20-18-33(19-21-34)27-10-2-1-3-11-27)14-4-13-29-28-12-7-17-35-16-6-9-26(31(28)35)24-36(29)23-25-8-5-15-32-22-25/h5,8,15,22,26-29,31H,1-4,6-7,9-14,16-21,23-24H2/t26-,28+,29+,31-/m0/s1. The van der Waals surface area contributed by atoms with Crippen LogP contribution >= 0.6 is 0 Å². The van der Waals surface area contributed by atoms with Crippen molar-refractivity contribution < 1.29 is 4.79 Å². The van der Waals surface area contributed by atoms with E-state index >= 15 is 0 Å². The summed E-state index contributed by atoms with van der Waals surface area (Å²) >= 11 is 0. The third-order valence-corrected chi connectivity index (χ3v) is 10.5. The van der Waals surface area contributed by atoms with Crippen molar-refractivity contribution in [1.82, 2.24) is 24.6 Å². The van der Waals surface area contributed by atoms with E-state index in [1.165, 1.54) is 83.0 Å². The first-order chi connectivity index (χ1) is 18.3. The largest absolute Gasteiger partial charge is 0.340 e. The summed E-state index contributed by atoms with van der Waals surface area (Å²) in [4.78, 5) is 28.1. The lowest BCUT2D eigenvalue weighted by Gasteiger charge is -2.57. The molecule has 1 aromatic heterocycles. The number of hydrogen-bond donors (Lipinski definition) is 0. The van der Waals surface area contributed by atoms with Gasteiger partial charge in [0, 0.05) is 76.2 Å². The maximum atomic E-state index is 13.2. The molecular weight excluding hydrogens is 458 g/mol. The van der Waals surface area contributed by atoms with Crippen molar-refractivity contribution in [2.75, 3.05) is 45.8 Å². The number of aromatic nitrogens is 1. The van der Waals surface area contributed by atoms with Gasteiger partial charge in [-0.2, -0.15) is 0 Å². The molecule has 204 valence electrons. The van der Waals surface area contributed by atoms with E-state index in [-0.39, 0.29) is 0 Å². The van der Waals surface area contributed by atoms with Gasteiger partial charge in [0.05, 0.1) is 0 Å². The Bertz CT molecular complexity index is 864. The van der Waals surface area contributed by atoms with E-state index in [2.05, 4.69) is 36.7 Å². The summed E-state index contributed by atoms with van der Waals surface area (Å²) in [5.74, 6) is 1.98. The molecule has 0 unspecified atom stereocenters. The van der Waals surface area contributed by atoms with Crippen LogP contribution < -0.4 is 0 Å². The van der Waals surface area contributed by atoms with E-state index in [9.17, 15) is 4.79 Å². The van der Waals surface area contributed by atoms with Crippen molar-refractivity contribution in [1.29, 1.82) is 0 Å². The molecule has 4 atom stereocenters. The fourth-order valence-corrected chi connectivity index (χ4v) is 8.79. The third kappa shape index (κ3) is 5.91. The van der Waals surface area contributed by atoms with Gasteiger partial charge in [0.1, 0.15) is 0 Å². The summed E-state index contributed by atoms with van der Waals surface area (Å²) < 4.78 is 0. The van der Waals surface area contributed by atoms with Crippen LogP contribution in [0.4, 0.5) is 0 Å². The SMILES string of the molecule is O=C(CCC[C@@H]1[C@H]2CCCN3CCC[C@@H](CN1Cc1cccnc1)[C@@H]23)N1CCN(C2CCCCC2)CC1. The van der Waals surface area contributed by atoms with Gasteiger partial charge >= 0.3 is 0 Å². The van der Waals surface area contributed by atoms with Crippen LogP contribution in [-0.4, -0.2) is 94.4 Å². The minimum Gasteiger partial charge on any atom is -0.340 e. The van der Waals surface area contributed by atoms with Gasteiger partial charge in [-0.05, 0) is 87.9 Å². The molecule has 5 heterocycles. The maximum Gasteiger partial charge on any atom is 0.222 e. The van der Waals surface area contributed by atoms with Crippen LogP contribution in [-0.2, 0) is 11.3 Å². The third-order valence-electron chi connectivity index (χ3n) is 10.5. The smallest absolute Gasteiger partial charge is 0.222 e. The van der Waals surface area contributed by atoms with Gasteiger partial charge in [-0.3, -0.25) is 24.5 Å². The molecule has 5 aliphatic rings. The zero-order valence-corrected chi connectivity index (χ0v) is 23.0. The predicted octanol–water partition coefficient (Wildman–Crippen LogP) is 4.40. The lowest BCUT2D eigenvalue weighted by Crippen LogP contribution is -2.64. The highest BCUT2D eigenvalue weighted by Crippen LogP contribution is 2.43. The molecule has 6 nitrogen and oxygen atoms in total. The molecule has 0 radical (unpaired) electrons. The fourth-order valence-electron chi connectivity index (χ4n) is 8.79. The molecule has 1 saturated carbocycles. The Balaban J connectivity index is 1.05. The molecule has 1 aromatic rings. The molecule has 4 aliphatic heterocycles. The van der Waals surface area contributed by atoms with E-state index < -0.39 is 0 Å². The minimum absolute atomic E-state index is 0.402. The van der Waals surface area contributed by atoms with Crippen LogP contribution in [0.1, 0.15) is 82.6 Å². The van der Waals surface area contributed by atoms with Crippen LogP contribution in [0.5, 0.6) is 0 Å². The van der Waals surface area contributed by atoms with E-state index in [1.54, 1.807) is 0 Å². The summed E-state index contributed by atoms with van der Waals surface area (Å²) in [7, 11) is 0. The molecule has 0 aromatic carbocycles. The number of carbonyl (C=O) groups is 1. The van der Waals surface area contributed by atoms with Gasteiger partial charge in [-0.1, -0.05) is 25.3 Å². The van der Waals surface area contributed by atoms with Gasteiger partial charge in [0.25, 0.3) is 0 Å². The number of piperidine rings is 3. The molecule has 6 rings (SSSR count). The summed E-state index contributed by atoms with van der Waals surface area (Å²) in [6.45, 7) is 8.87. The number of likely N-dealkylation sites (tertiary alicyclic amines) is 1. The molecule has 6 heteroatoms. The Hall–Kier alpha value is -1.50. The zero-order valence-electron chi connectivity index (χ0n) is 23.0. The van der Waals surface area contributed by atoms with Gasteiger partial charge in [-0.25, -0.2) is 0 Å². The van der Waals surface area contributed by atoms with Gasteiger partial charge in [-0.15, -0.1) is 0 Å². The average Bonchev–Trinajstić information content (AvgIpc) is 2.96. The number of carbonyl (C=O) groups excluding carboxylic acids is 1. The van der Waals surface area contributed by atoms with Crippen molar-refractivity contribution in [3.63, 3.8) is 0 Å². The lowest BCUT2D eigenvalue weighted by atomic mass is 9.69. The van der Waals surface area contributed by atoms with Gasteiger partial charge in [0.2, 0.25) is 5.91 Å². The fraction of sp³-hybridized carbons (Fsp3) is 0.806. The first-order valence-corrected chi connectivity index (χ1v) is 15.6. The second kappa shape index (κ2) is 12.1. The Labute approximate surface area is 224 Å². The second-order valence-corrected chi connectivity index (χ2v) is 12.7. The molecule has 37 heavy (non-hydrogen) atoms. The Morgan fingerprint density at radius 3 is 2.49 bits per heavy atom. The first-order valence-electron chi connectivity index (χ1n) is 15.6. The molecule has 0 spiro atoms. The van der Waals surface area contributed by atoms with Crippen molar-refractivity contribution in [2.24, 2.45) is 11.8 Å². The molecule has 1 aliphatic carbocycles. The quantitative estimate of drug-likeness (QED) is 0.547. The summed E-state index contributed by atoms with van der Waals surface area (Å²) in [5, 5.41) is 0. The van der Waals surface area contributed by atoms with Gasteiger partial charge in [0.15, 0.2) is 0 Å². The predicted molar refractivity (Wildman–Crippen MR) is 148 cm³/mol. The number of nitrogens with zero attached hydrogens (tertiary/aromatic N) is 5. The minimum atomic E-state index is 0.402. The maximum absolute atomic E-state index is 13.2. The van der Waals surface area contributed by atoms with Crippen molar-refractivity contribution in [2.45, 2.75) is 102 Å². The van der Waals surface area contributed by atoms with E-state index in [0.717, 1.165) is 75.9 Å². The number of amides is 1. The highest BCUT2D eigenvalue weighted by molar-refractivity contribution is 5.76. The zero-order chi connectivity index (χ0) is 25.0. The summed E-state index contributed by atoms with van der Waals surface area (Å²) in [6, 6.07) is 6.47. The number of rotatable bonds is 7.